The van der Waals surface area contributed by atoms with Gasteiger partial charge in [0.1, 0.15) is 17.1 Å². The quantitative estimate of drug-likeness (QED) is 0.437. The smallest absolute Gasteiger partial charge is 0.335 e. The molecule has 4 rings (SSSR count). The average Bonchev–Trinajstić information content (AvgIpc) is 2.80. The number of nitrogens with one attached hydrogen (secondary N) is 1. The number of imide groups is 2. The van der Waals surface area contributed by atoms with Crippen LogP contribution in [-0.4, -0.2) is 25.0 Å². The number of carbonyl (C=O) groups excluding carboxylic acids is 3. The minimum Gasteiger partial charge on any atom is -0.497 e. The van der Waals surface area contributed by atoms with Gasteiger partial charge in [0.25, 0.3) is 11.8 Å². The maximum Gasteiger partial charge on any atom is 0.335 e. The third-order valence-electron chi connectivity index (χ3n) is 5.18. The molecule has 0 saturated carbocycles. The van der Waals surface area contributed by atoms with E-state index >= 15 is 0 Å². The molecule has 3 aromatic rings. The number of benzene rings is 3. The van der Waals surface area contributed by atoms with Gasteiger partial charge in [-0.1, -0.05) is 35.9 Å². The summed E-state index contributed by atoms with van der Waals surface area (Å²) in [6, 6.07) is 16.6. The molecular weight excluding hydrogens is 447 g/mol. The van der Waals surface area contributed by atoms with Crippen molar-refractivity contribution in [2.75, 3.05) is 12.0 Å². The van der Waals surface area contributed by atoms with Crippen molar-refractivity contribution in [3.05, 3.63) is 99.8 Å². The van der Waals surface area contributed by atoms with E-state index in [0.717, 1.165) is 4.90 Å². The molecule has 33 heavy (non-hydrogen) atoms. The molecule has 1 saturated heterocycles. The summed E-state index contributed by atoms with van der Waals surface area (Å²) in [4.78, 5) is 38.9. The Labute approximate surface area is 194 Å². The SMILES string of the molecule is COc1ccc(/C=C2\C(=O)NC(=O)N(c3ccc(Cl)cc3)C2=O)c(Cc2ccccc2F)c1. The van der Waals surface area contributed by atoms with Crippen LogP contribution in [0.15, 0.2) is 72.3 Å². The molecular formula is C25H18ClFN2O4. The first-order chi connectivity index (χ1) is 15.9. The van der Waals surface area contributed by atoms with Crippen molar-refractivity contribution in [1.29, 1.82) is 0 Å². The molecule has 1 aliphatic rings. The average molecular weight is 465 g/mol. The molecule has 4 amide bonds. The van der Waals surface area contributed by atoms with Crippen LogP contribution in [0.2, 0.25) is 5.02 Å². The van der Waals surface area contributed by atoms with Crippen molar-refractivity contribution in [2.45, 2.75) is 6.42 Å². The molecule has 166 valence electrons. The van der Waals surface area contributed by atoms with E-state index < -0.39 is 17.8 Å². The first kappa shape index (κ1) is 22.2. The van der Waals surface area contributed by atoms with Crippen LogP contribution in [0.5, 0.6) is 5.75 Å². The Morgan fingerprint density at radius 2 is 1.73 bits per heavy atom. The van der Waals surface area contributed by atoms with Gasteiger partial charge in [0.05, 0.1) is 12.8 Å². The number of amides is 4. The molecule has 3 aromatic carbocycles. The highest BCUT2D eigenvalue weighted by atomic mass is 35.5. The number of hydrogen-bond donors (Lipinski definition) is 1. The maximum atomic E-state index is 14.3. The van der Waals surface area contributed by atoms with Crippen LogP contribution < -0.4 is 15.0 Å². The van der Waals surface area contributed by atoms with Crippen molar-refractivity contribution in [1.82, 2.24) is 5.32 Å². The Morgan fingerprint density at radius 1 is 1.00 bits per heavy atom. The number of urea groups is 1. The fourth-order valence-corrected chi connectivity index (χ4v) is 3.61. The van der Waals surface area contributed by atoms with Crippen LogP contribution in [0.25, 0.3) is 6.08 Å². The Hall–Kier alpha value is -3.97. The van der Waals surface area contributed by atoms with Crippen molar-refractivity contribution in [3.63, 3.8) is 0 Å². The Bertz CT molecular complexity index is 1290. The lowest BCUT2D eigenvalue weighted by Gasteiger charge is -2.26. The van der Waals surface area contributed by atoms with E-state index in [-0.39, 0.29) is 23.5 Å². The van der Waals surface area contributed by atoms with Crippen molar-refractivity contribution in [2.24, 2.45) is 0 Å². The van der Waals surface area contributed by atoms with Gasteiger partial charge in [0, 0.05) is 11.4 Å². The van der Waals surface area contributed by atoms with E-state index in [1.165, 1.54) is 43.5 Å². The molecule has 0 aliphatic carbocycles. The normalized spacial score (nSPS) is 15.1. The van der Waals surface area contributed by atoms with Crippen LogP contribution in [0.3, 0.4) is 0 Å². The van der Waals surface area contributed by atoms with Crippen LogP contribution in [0.4, 0.5) is 14.9 Å². The van der Waals surface area contributed by atoms with Gasteiger partial charge in [0.2, 0.25) is 0 Å². The van der Waals surface area contributed by atoms with E-state index in [9.17, 15) is 18.8 Å². The second kappa shape index (κ2) is 9.26. The molecule has 0 aromatic heterocycles. The number of carbonyl (C=O) groups is 3. The molecule has 6 nitrogen and oxygen atoms in total. The van der Waals surface area contributed by atoms with Gasteiger partial charge >= 0.3 is 6.03 Å². The lowest BCUT2D eigenvalue weighted by Crippen LogP contribution is -2.54. The predicted octanol–water partition coefficient (Wildman–Crippen LogP) is 4.74. The molecule has 0 spiro atoms. The second-order valence-corrected chi connectivity index (χ2v) is 7.70. The number of halogens is 2. The van der Waals surface area contributed by atoms with Crippen molar-refractivity contribution >= 4 is 41.2 Å². The van der Waals surface area contributed by atoms with E-state index in [1.54, 1.807) is 36.4 Å². The van der Waals surface area contributed by atoms with Gasteiger partial charge in [-0.05, 0) is 65.2 Å². The monoisotopic (exact) mass is 464 g/mol. The van der Waals surface area contributed by atoms with Crippen LogP contribution in [-0.2, 0) is 16.0 Å². The number of barbiturate groups is 1. The highest BCUT2D eigenvalue weighted by Gasteiger charge is 2.36. The van der Waals surface area contributed by atoms with Crippen molar-refractivity contribution in [3.8, 4) is 5.75 Å². The summed E-state index contributed by atoms with van der Waals surface area (Å²) in [5.74, 6) is -1.42. The van der Waals surface area contributed by atoms with Gasteiger partial charge in [-0.2, -0.15) is 0 Å². The number of methoxy groups -OCH3 is 1. The molecule has 0 unspecified atom stereocenters. The van der Waals surface area contributed by atoms with Crippen molar-refractivity contribution < 1.29 is 23.5 Å². The summed E-state index contributed by atoms with van der Waals surface area (Å²) in [5.41, 5.74) is 1.64. The first-order valence-corrected chi connectivity index (χ1v) is 10.3. The molecule has 0 bridgehead atoms. The molecule has 1 fully saturated rings. The van der Waals surface area contributed by atoms with E-state index in [1.807, 2.05) is 0 Å². The number of nitrogens with zero attached hydrogens (tertiary/aromatic N) is 1. The molecule has 1 heterocycles. The summed E-state index contributed by atoms with van der Waals surface area (Å²) in [6.45, 7) is 0. The maximum absolute atomic E-state index is 14.3. The zero-order valence-electron chi connectivity index (χ0n) is 17.5. The minimum absolute atomic E-state index is 0.207. The van der Waals surface area contributed by atoms with E-state index in [2.05, 4.69) is 5.32 Å². The molecule has 8 heteroatoms. The fourth-order valence-electron chi connectivity index (χ4n) is 3.49. The topological polar surface area (TPSA) is 75.7 Å². The van der Waals surface area contributed by atoms with Gasteiger partial charge < -0.3 is 4.74 Å². The highest BCUT2D eigenvalue weighted by Crippen LogP contribution is 2.27. The number of rotatable bonds is 5. The summed E-state index contributed by atoms with van der Waals surface area (Å²) in [6.07, 6.45) is 1.60. The summed E-state index contributed by atoms with van der Waals surface area (Å²) in [7, 11) is 1.51. The molecule has 1 N–H and O–H groups in total. The van der Waals surface area contributed by atoms with Gasteiger partial charge in [0.15, 0.2) is 0 Å². The predicted molar refractivity (Wildman–Crippen MR) is 123 cm³/mol. The Balaban J connectivity index is 1.76. The second-order valence-electron chi connectivity index (χ2n) is 7.27. The van der Waals surface area contributed by atoms with Gasteiger partial charge in [-0.15, -0.1) is 0 Å². The fraction of sp³-hybridized carbons (Fsp3) is 0.0800. The minimum atomic E-state index is -0.856. The van der Waals surface area contributed by atoms with Gasteiger partial charge in [-0.3, -0.25) is 14.9 Å². The largest absolute Gasteiger partial charge is 0.497 e. The van der Waals surface area contributed by atoms with E-state index in [4.69, 9.17) is 16.3 Å². The van der Waals surface area contributed by atoms with Crippen LogP contribution >= 0.6 is 11.6 Å². The highest BCUT2D eigenvalue weighted by molar-refractivity contribution is 6.39. The zero-order valence-corrected chi connectivity index (χ0v) is 18.2. The Morgan fingerprint density at radius 3 is 2.42 bits per heavy atom. The number of anilines is 1. The molecule has 0 radical (unpaired) electrons. The first-order valence-electron chi connectivity index (χ1n) is 9.94. The van der Waals surface area contributed by atoms with E-state index in [0.29, 0.717) is 27.5 Å². The van der Waals surface area contributed by atoms with Crippen LogP contribution in [0.1, 0.15) is 16.7 Å². The standard InChI is InChI=1S/C25H18ClFN2O4/c1-33-20-11-6-15(17(13-20)12-16-4-2-3-5-22(16)27)14-21-23(30)28-25(32)29(24(21)31)19-9-7-18(26)8-10-19/h2-11,13-14H,12H2,1H3,(H,28,30,32)/b21-14+. The lowest BCUT2D eigenvalue weighted by molar-refractivity contribution is -0.122. The van der Waals surface area contributed by atoms with Crippen LogP contribution in [0, 0.1) is 5.82 Å². The third-order valence-corrected chi connectivity index (χ3v) is 5.43. The Kier molecular flexibility index (Phi) is 6.24. The summed E-state index contributed by atoms with van der Waals surface area (Å²) < 4.78 is 19.5. The summed E-state index contributed by atoms with van der Waals surface area (Å²) >= 11 is 5.90. The number of hydrogen-bond acceptors (Lipinski definition) is 4. The zero-order chi connectivity index (χ0) is 23.5. The third kappa shape index (κ3) is 4.63. The lowest BCUT2D eigenvalue weighted by atomic mass is 9.96. The van der Waals surface area contributed by atoms with Gasteiger partial charge in [-0.25, -0.2) is 14.1 Å². The molecule has 0 atom stereocenters. The summed E-state index contributed by atoms with van der Waals surface area (Å²) in [5, 5.41) is 2.62. The number of ether oxygens (including phenoxy) is 1. The molecule has 1 aliphatic heterocycles.